The number of halogens is 2. The number of rotatable bonds is 2. The summed E-state index contributed by atoms with van der Waals surface area (Å²) in [6.07, 6.45) is 2.08. The summed E-state index contributed by atoms with van der Waals surface area (Å²) in [6.45, 7) is -3.07. The van der Waals surface area contributed by atoms with Gasteiger partial charge in [0.1, 0.15) is 11.6 Å². The number of aromatic amines is 1. The van der Waals surface area contributed by atoms with Gasteiger partial charge in [0.25, 0.3) is 0 Å². The summed E-state index contributed by atoms with van der Waals surface area (Å²) in [6, 6.07) is 1.54. The molecule has 0 atom stereocenters. The molecule has 0 saturated heterocycles. The Morgan fingerprint density at radius 1 is 1.54 bits per heavy atom. The van der Waals surface area contributed by atoms with Crippen LogP contribution in [0.3, 0.4) is 0 Å². The molecule has 1 aromatic heterocycles. The van der Waals surface area contributed by atoms with Crippen LogP contribution in [-0.2, 0) is 0 Å². The highest BCUT2D eigenvalue weighted by molar-refractivity contribution is 5.32. The van der Waals surface area contributed by atoms with E-state index < -0.39 is 17.8 Å². The number of pyridine rings is 1. The van der Waals surface area contributed by atoms with Crippen molar-refractivity contribution in [2.24, 2.45) is 0 Å². The minimum Gasteiger partial charge on any atom is -0.429 e. The first-order valence-electron chi connectivity index (χ1n) is 3.21. The fourth-order valence-electron chi connectivity index (χ4n) is 0.731. The molecule has 0 bridgehead atoms. The number of H-pyrrole nitrogens is 1. The molecule has 4 nitrogen and oxygen atoms in total. The number of nitrogens with one attached hydrogen (secondary N) is 1. The molecule has 13 heavy (non-hydrogen) atoms. The van der Waals surface area contributed by atoms with Gasteiger partial charge in [-0.25, -0.2) is 0 Å². The molecule has 0 spiro atoms. The maximum atomic E-state index is 11.7. The lowest BCUT2D eigenvalue weighted by atomic mass is 10.3. The van der Waals surface area contributed by atoms with Crippen LogP contribution in [0.5, 0.6) is 5.75 Å². The van der Waals surface area contributed by atoms with Gasteiger partial charge >= 0.3 is 6.61 Å². The van der Waals surface area contributed by atoms with Gasteiger partial charge in [-0.2, -0.15) is 14.0 Å². The maximum Gasteiger partial charge on any atom is 0.387 e. The van der Waals surface area contributed by atoms with Gasteiger partial charge in [-0.15, -0.1) is 0 Å². The van der Waals surface area contributed by atoms with Crippen LogP contribution in [0.15, 0.2) is 17.2 Å². The van der Waals surface area contributed by atoms with Crippen LogP contribution in [0.2, 0.25) is 0 Å². The van der Waals surface area contributed by atoms with Crippen LogP contribution in [0, 0.1) is 11.3 Å². The van der Waals surface area contributed by atoms with Crippen LogP contribution in [0.4, 0.5) is 8.78 Å². The number of hydrogen-bond acceptors (Lipinski definition) is 3. The topological polar surface area (TPSA) is 65.9 Å². The number of hydrogen-bond donors (Lipinski definition) is 1. The zero-order valence-electron chi connectivity index (χ0n) is 6.25. The Bertz CT molecular complexity index is 394. The van der Waals surface area contributed by atoms with E-state index in [1.54, 1.807) is 6.07 Å². The molecule has 0 aliphatic heterocycles. The molecule has 0 unspecified atom stereocenters. The molecular formula is C7H4F2N2O2. The Labute approximate surface area is 71.4 Å². The van der Waals surface area contributed by atoms with Gasteiger partial charge in [-0.3, -0.25) is 4.79 Å². The van der Waals surface area contributed by atoms with Crippen LogP contribution in [0.25, 0.3) is 0 Å². The van der Waals surface area contributed by atoms with Crippen molar-refractivity contribution in [3.05, 3.63) is 28.2 Å². The molecule has 0 aliphatic rings. The molecule has 1 heterocycles. The number of nitriles is 1. The molecule has 0 aromatic carbocycles. The third-order valence-corrected chi connectivity index (χ3v) is 1.25. The van der Waals surface area contributed by atoms with E-state index >= 15 is 0 Å². The quantitative estimate of drug-likeness (QED) is 0.744. The van der Waals surface area contributed by atoms with Crippen LogP contribution in [-0.4, -0.2) is 11.6 Å². The molecule has 1 N–H and O–H groups in total. The van der Waals surface area contributed by atoms with E-state index in [-0.39, 0.29) is 5.56 Å². The molecule has 1 aromatic rings. The summed E-state index contributed by atoms with van der Waals surface area (Å²) in [7, 11) is 0. The SMILES string of the molecule is N#Cc1c[nH]cc(OC(F)F)c1=O. The number of nitrogens with zero attached hydrogens (tertiary/aromatic N) is 1. The average Bonchev–Trinajstić information content (AvgIpc) is 2.08. The minimum absolute atomic E-state index is 0.266. The predicted molar refractivity (Wildman–Crippen MR) is 38.4 cm³/mol. The van der Waals surface area contributed by atoms with Crippen molar-refractivity contribution in [3.63, 3.8) is 0 Å². The molecule has 6 heteroatoms. The Kier molecular flexibility index (Phi) is 2.59. The van der Waals surface area contributed by atoms with E-state index in [1.807, 2.05) is 0 Å². The normalized spacial score (nSPS) is 9.69. The monoisotopic (exact) mass is 186 g/mol. The highest BCUT2D eigenvalue weighted by Gasteiger charge is 2.10. The highest BCUT2D eigenvalue weighted by atomic mass is 19.3. The summed E-state index contributed by atoms with van der Waals surface area (Å²) in [4.78, 5) is 13.4. The Morgan fingerprint density at radius 3 is 2.77 bits per heavy atom. The van der Waals surface area contributed by atoms with Crippen molar-refractivity contribution in [2.45, 2.75) is 6.61 Å². The molecule has 0 saturated carbocycles. The van der Waals surface area contributed by atoms with Crippen LogP contribution >= 0.6 is 0 Å². The summed E-state index contributed by atoms with van der Waals surface area (Å²) in [5.41, 5.74) is -1.11. The van der Waals surface area contributed by atoms with Gasteiger partial charge in [0.2, 0.25) is 5.43 Å². The Hall–Kier alpha value is -1.90. The van der Waals surface area contributed by atoms with Crippen molar-refractivity contribution in [3.8, 4) is 11.8 Å². The van der Waals surface area contributed by atoms with Gasteiger partial charge in [-0.05, 0) is 0 Å². The van der Waals surface area contributed by atoms with E-state index in [0.29, 0.717) is 0 Å². The fraction of sp³-hybridized carbons (Fsp3) is 0.143. The van der Waals surface area contributed by atoms with Crippen molar-refractivity contribution in [2.75, 3.05) is 0 Å². The summed E-state index contributed by atoms with van der Waals surface area (Å²) < 4.78 is 27.2. The number of aromatic nitrogens is 1. The first-order chi connectivity index (χ1) is 6.15. The maximum absolute atomic E-state index is 11.7. The Morgan fingerprint density at radius 2 is 2.23 bits per heavy atom. The third-order valence-electron chi connectivity index (χ3n) is 1.25. The zero-order chi connectivity index (χ0) is 9.84. The lowest BCUT2D eigenvalue weighted by Gasteiger charge is -2.01. The van der Waals surface area contributed by atoms with Crippen LogP contribution in [0.1, 0.15) is 5.56 Å². The lowest BCUT2D eigenvalue weighted by Crippen LogP contribution is -2.14. The molecule has 0 radical (unpaired) electrons. The van der Waals surface area contributed by atoms with Gasteiger partial charge in [0.15, 0.2) is 5.75 Å². The summed E-state index contributed by atoms with van der Waals surface area (Å²) in [5, 5.41) is 8.36. The van der Waals surface area contributed by atoms with Crippen LogP contribution < -0.4 is 10.2 Å². The van der Waals surface area contributed by atoms with E-state index in [1.165, 1.54) is 0 Å². The minimum atomic E-state index is -3.07. The third kappa shape index (κ3) is 2.02. The predicted octanol–water partition coefficient (Wildman–Crippen LogP) is 0.848. The number of alkyl halides is 2. The largest absolute Gasteiger partial charge is 0.429 e. The molecule has 0 aliphatic carbocycles. The first-order valence-corrected chi connectivity index (χ1v) is 3.21. The first kappa shape index (κ1) is 9.19. The second kappa shape index (κ2) is 3.67. The van der Waals surface area contributed by atoms with Gasteiger partial charge in [0, 0.05) is 12.4 Å². The lowest BCUT2D eigenvalue weighted by molar-refractivity contribution is -0.0507. The number of ether oxygens (including phenoxy) is 1. The molecule has 0 amide bonds. The van der Waals surface area contributed by atoms with E-state index in [0.717, 1.165) is 12.4 Å². The van der Waals surface area contributed by atoms with Crippen molar-refractivity contribution >= 4 is 0 Å². The van der Waals surface area contributed by atoms with Gasteiger partial charge in [0.05, 0.1) is 0 Å². The van der Waals surface area contributed by atoms with E-state index in [4.69, 9.17) is 5.26 Å². The second-order valence-electron chi connectivity index (χ2n) is 2.05. The van der Waals surface area contributed by atoms with Crippen molar-refractivity contribution in [1.82, 2.24) is 4.98 Å². The fourth-order valence-corrected chi connectivity index (χ4v) is 0.731. The standard InChI is InChI=1S/C7H4F2N2O2/c8-7(9)13-5-3-11-2-4(1-10)6(5)12/h2-3,7H,(H,11,12). The molecule has 1 rings (SSSR count). The van der Waals surface area contributed by atoms with Gasteiger partial charge < -0.3 is 9.72 Å². The molecule has 68 valence electrons. The highest BCUT2D eigenvalue weighted by Crippen LogP contribution is 2.06. The van der Waals surface area contributed by atoms with E-state index in [2.05, 4.69) is 9.72 Å². The van der Waals surface area contributed by atoms with Gasteiger partial charge in [-0.1, -0.05) is 0 Å². The Balaban J connectivity index is 3.11. The van der Waals surface area contributed by atoms with Crippen molar-refractivity contribution in [1.29, 1.82) is 5.26 Å². The zero-order valence-corrected chi connectivity index (χ0v) is 6.25. The van der Waals surface area contributed by atoms with E-state index in [9.17, 15) is 13.6 Å². The average molecular weight is 186 g/mol. The van der Waals surface area contributed by atoms with Crippen molar-refractivity contribution < 1.29 is 13.5 Å². The second-order valence-corrected chi connectivity index (χ2v) is 2.05. The smallest absolute Gasteiger partial charge is 0.387 e. The summed E-state index contributed by atoms with van der Waals surface area (Å²) in [5.74, 6) is -0.561. The summed E-state index contributed by atoms with van der Waals surface area (Å²) >= 11 is 0. The molecule has 0 fully saturated rings. The molecular weight excluding hydrogens is 182 g/mol.